The number of nitrogens with one attached hydrogen (secondary N) is 1. The quantitative estimate of drug-likeness (QED) is 0.545. The molecule has 4 rings (SSSR count). The molecule has 2 amide bonds. The number of ether oxygens (including phenoxy) is 2. The normalized spacial score (nSPS) is 16.1. The molecule has 8 nitrogen and oxygen atoms in total. The smallest absolute Gasteiger partial charge is 0.410 e. The summed E-state index contributed by atoms with van der Waals surface area (Å²) in [6, 6.07) is 15.0. The second-order valence-corrected chi connectivity index (χ2v) is 8.89. The van der Waals surface area contributed by atoms with Gasteiger partial charge in [0.1, 0.15) is 19.3 Å². The standard InChI is InChI=1S/C27H30N2O6/c1-2-15-34-27(33)29-13-11-18(12-14-29)16-24(25(30)31)28-26(32)35-17-23-21-9-5-3-7-19(21)20-8-4-6-10-22(20)23/h2-10,18,23-24H,1,11-17H2,(H,28,32)(H,30,31)/t24-/m1/s1. The molecule has 2 N–H and O–H groups in total. The van der Waals surface area contributed by atoms with Crippen molar-refractivity contribution in [3.05, 3.63) is 72.3 Å². The minimum atomic E-state index is -1.11. The molecule has 0 radical (unpaired) electrons. The zero-order valence-corrected chi connectivity index (χ0v) is 19.5. The summed E-state index contributed by atoms with van der Waals surface area (Å²) in [6.07, 6.45) is 1.92. The van der Waals surface area contributed by atoms with Gasteiger partial charge in [0.15, 0.2) is 0 Å². The molecule has 0 saturated carbocycles. The van der Waals surface area contributed by atoms with Gasteiger partial charge in [-0.3, -0.25) is 0 Å². The maximum atomic E-state index is 12.5. The molecule has 0 aromatic heterocycles. The number of nitrogens with zero attached hydrogens (tertiary/aromatic N) is 1. The van der Waals surface area contributed by atoms with Gasteiger partial charge >= 0.3 is 18.2 Å². The third-order valence-electron chi connectivity index (χ3n) is 6.70. The first-order chi connectivity index (χ1) is 17.0. The van der Waals surface area contributed by atoms with Crippen molar-refractivity contribution in [1.82, 2.24) is 10.2 Å². The Labute approximate surface area is 204 Å². The van der Waals surface area contributed by atoms with Crippen molar-refractivity contribution in [2.45, 2.75) is 31.2 Å². The number of rotatable bonds is 8. The lowest BCUT2D eigenvalue weighted by molar-refractivity contribution is -0.140. The van der Waals surface area contributed by atoms with Crippen molar-refractivity contribution in [1.29, 1.82) is 0 Å². The van der Waals surface area contributed by atoms with Crippen LogP contribution in [0.3, 0.4) is 0 Å². The minimum Gasteiger partial charge on any atom is -0.480 e. The maximum absolute atomic E-state index is 12.5. The number of aliphatic carboxylic acids is 1. The van der Waals surface area contributed by atoms with Gasteiger partial charge in [-0.1, -0.05) is 61.2 Å². The topological polar surface area (TPSA) is 105 Å². The molecule has 1 fully saturated rings. The molecule has 1 aliphatic heterocycles. The van der Waals surface area contributed by atoms with Gasteiger partial charge in [0.05, 0.1) is 0 Å². The highest BCUT2D eigenvalue weighted by molar-refractivity contribution is 5.81. The average molecular weight is 479 g/mol. The van der Waals surface area contributed by atoms with Crippen LogP contribution in [-0.4, -0.2) is 60.5 Å². The van der Waals surface area contributed by atoms with Crippen molar-refractivity contribution >= 4 is 18.2 Å². The number of benzene rings is 2. The van der Waals surface area contributed by atoms with Crippen LogP contribution in [0.5, 0.6) is 0 Å². The lowest BCUT2D eigenvalue weighted by Gasteiger charge is -2.32. The number of likely N-dealkylation sites (tertiary alicyclic amines) is 1. The van der Waals surface area contributed by atoms with E-state index in [1.54, 1.807) is 4.90 Å². The summed E-state index contributed by atoms with van der Waals surface area (Å²) in [6.45, 7) is 4.77. The Balaban J connectivity index is 1.30. The van der Waals surface area contributed by atoms with Crippen molar-refractivity contribution in [2.24, 2.45) is 5.92 Å². The highest BCUT2D eigenvalue weighted by Crippen LogP contribution is 2.44. The molecule has 0 bridgehead atoms. The number of carboxylic acids is 1. The van der Waals surface area contributed by atoms with Gasteiger partial charge in [-0.05, 0) is 47.4 Å². The summed E-state index contributed by atoms with van der Waals surface area (Å²) in [7, 11) is 0. The van der Waals surface area contributed by atoms with E-state index < -0.39 is 24.2 Å². The van der Waals surface area contributed by atoms with Crippen LogP contribution in [0.25, 0.3) is 11.1 Å². The summed E-state index contributed by atoms with van der Waals surface area (Å²) < 4.78 is 10.6. The number of carbonyl (C=O) groups is 3. The lowest BCUT2D eigenvalue weighted by atomic mass is 9.90. The molecule has 2 aromatic rings. The van der Waals surface area contributed by atoms with Gasteiger partial charge in [-0.15, -0.1) is 0 Å². The largest absolute Gasteiger partial charge is 0.480 e. The highest BCUT2D eigenvalue weighted by Gasteiger charge is 2.31. The van der Waals surface area contributed by atoms with Crippen molar-refractivity contribution in [3.8, 4) is 11.1 Å². The van der Waals surface area contributed by atoms with Gasteiger partial charge in [0.25, 0.3) is 0 Å². The first kappa shape index (κ1) is 24.3. The van der Waals surface area contributed by atoms with Crippen LogP contribution >= 0.6 is 0 Å². The van der Waals surface area contributed by atoms with Gasteiger partial charge < -0.3 is 24.8 Å². The molecule has 2 aliphatic rings. The van der Waals surface area contributed by atoms with Gasteiger partial charge in [0.2, 0.25) is 0 Å². The summed E-state index contributed by atoms with van der Waals surface area (Å²) in [5.74, 6) is -1.14. The van der Waals surface area contributed by atoms with Crippen LogP contribution in [0, 0.1) is 5.92 Å². The Kier molecular flexibility index (Phi) is 7.70. The highest BCUT2D eigenvalue weighted by atomic mass is 16.6. The van der Waals surface area contributed by atoms with Gasteiger partial charge in [-0.25, -0.2) is 14.4 Å². The Hall–Kier alpha value is -3.81. The number of carbonyl (C=O) groups excluding carboxylic acids is 2. The number of amides is 2. The number of carboxylic acid groups (broad SMARTS) is 1. The Morgan fingerprint density at radius 1 is 1.03 bits per heavy atom. The molecule has 1 saturated heterocycles. The summed E-state index contributed by atoms with van der Waals surface area (Å²) in [5, 5.41) is 12.2. The van der Waals surface area contributed by atoms with Crippen LogP contribution in [0.15, 0.2) is 61.2 Å². The molecule has 35 heavy (non-hydrogen) atoms. The summed E-state index contributed by atoms with van der Waals surface area (Å²) in [5.41, 5.74) is 4.43. The monoisotopic (exact) mass is 478 g/mol. The SMILES string of the molecule is C=CCOC(=O)N1CCC(C[C@@H](NC(=O)OCC2c3ccccc3-c3ccccc32)C(=O)O)CC1. The van der Waals surface area contributed by atoms with Crippen LogP contribution in [0.4, 0.5) is 9.59 Å². The molecule has 2 aromatic carbocycles. The third kappa shape index (κ3) is 5.65. The predicted molar refractivity (Wildman–Crippen MR) is 130 cm³/mol. The maximum Gasteiger partial charge on any atom is 0.410 e. The first-order valence-corrected chi connectivity index (χ1v) is 11.8. The summed E-state index contributed by atoms with van der Waals surface area (Å²) in [4.78, 5) is 37.9. The fourth-order valence-electron chi connectivity index (χ4n) is 4.91. The van der Waals surface area contributed by atoms with Crippen LogP contribution < -0.4 is 5.32 Å². The number of hydrogen-bond acceptors (Lipinski definition) is 5. The van der Waals surface area contributed by atoms with E-state index in [1.807, 2.05) is 36.4 Å². The molecule has 0 spiro atoms. The minimum absolute atomic E-state index is 0.0634. The molecule has 1 aliphatic carbocycles. The van der Waals surface area contributed by atoms with Crippen molar-refractivity contribution in [3.63, 3.8) is 0 Å². The van der Waals surface area contributed by atoms with Crippen molar-refractivity contribution in [2.75, 3.05) is 26.3 Å². The fourth-order valence-corrected chi connectivity index (χ4v) is 4.91. The second-order valence-electron chi connectivity index (χ2n) is 8.89. The van der Waals surface area contributed by atoms with E-state index in [0.717, 1.165) is 22.3 Å². The fraction of sp³-hybridized carbons (Fsp3) is 0.370. The predicted octanol–water partition coefficient (Wildman–Crippen LogP) is 4.40. The molecular formula is C27H30N2O6. The first-order valence-electron chi connectivity index (χ1n) is 11.8. The Morgan fingerprint density at radius 2 is 1.63 bits per heavy atom. The zero-order chi connectivity index (χ0) is 24.8. The average Bonchev–Trinajstić information content (AvgIpc) is 3.19. The van der Waals surface area contributed by atoms with E-state index in [-0.39, 0.29) is 31.5 Å². The molecule has 0 unspecified atom stereocenters. The summed E-state index contributed by atoms with van der Waals surface area (Å²) >= 11 is 0. The molecule has 1 atom stereocenters. The van der Waals surface area contributed by atoms with Crippen molar-refractivity contribution < 1.29 is 29.0 Å². The zero-order valence-electron chi connectivity index (χ0n) is 19.5. The van der Waals surface area contributed by atoms with Crippen LogP contribution in [0.2, 0.25) is 0 Å². The van der Waals surface area contributed by atoms with E-state index in [1.165, 1.54) is 6.08 Å². The van der Waals surface area contributed by atoms with E-state index >= 15 is 0 Å². The number of fused-ring (bicyclic) bond motifs is 3. The van der Waals surface area contributed by atoms with E-state index in [0.29, 0.717) is 25.9 Å². The van der Waals surface area contributed by atoms with E-state index in [4.69, 9.17) is 9.47 Å². The number of piperidine rings is 1. The third-order valence-corrected chi connectivity index (χ3v) is 6.70. The number of hydrogen-bond donors (Lipinski definition) is 2. The van der Waals surface area contributed by atoms with Gasteiger partial charge in [0, 0.05) is 19.0 Å². The Morgan fingerprint density at radius 3 is 2.20 bits per heavy atom. The number of alkyl carbamates (subject to hydrolysis) is 1. The lowest BCUT2D eigenvalue weighted by Crippen LogP contribution is -2.45. The van der Waals surface area contributed by atoms with E-state index in [9.17, 15) is 19.5 Å². The van der Waals surface area contributed by atoms with Crippen LogP contribution in [-0.2, 0) is 14.3 Å². The van der Waals surface area contributed by atoms with Crippen LogP contribution in [0.1, 0.15) is 36.3 Å². The molecule has 8 heteroatoms. The molecule has 184 valence electrons. The second kappa shape index (κ2) is 11.1. The van der Waals surface area contributed by atoms with E-state index in [2.05, 4.69) is 24.0 Å². The Bertz CT molecular complexity index is 1050. The molecule has 1 heterocycles. The molecular weight excluding hydrogens is 448 g/mol. The van der Waals surface area contributed by atoms with Gasteiger partial charge in [-0.2, -0.15) is 0 Å².